The molecule has 0 radical (unpaired) electrons. The fourth-order valence-electron chi connectivity index (χ4n) is 2.32. The van der Waals surface area contributed by atoms with Crippen LogP contribution in [-0.4, -0.2) is 33.5 Å². The van der Waals surface area contributed by atoms with E-state index >= 15 is 0 Å². The van der Waals surface area contributed by atoms with Gasteiger partial charge in [0.05, 0.1) is 11.1 Å². The molecule has 0 bridgehead atoms. The van der Waals surface area contributed by atoms with Crippen molar-refractivity contribution in [3.05, 3.63) is 53.6 Å². The summed E-state index contributed by atoms with van der Waals surface area (Å²) in [6.45, 7) is 1.99. The Balaban J connectivity index is 1.61. The molecule has 1 amide bonds. The summed E-state index contributed by atoms with van der Waals surface area (Å²) >= 11 is 0. The molecule has 0 spiro atoms. The zero-order valence-electron chi connectivity index (χ0n) is 13.7. The second-order valence-corrected chi connectivity index (χ2v) is 5.36. The molecule has 0 fully saturated rings. The van der Waals surface area contributed by atoms with Crippen LogP contribution in [0.3, 0.4) is 0 Å². The molecule has 0 saturated heterocycles. The Bertz CT molecular complexity index is 987. The average Bonchev–Trinajstić information content (AvgIpc) is 3.05. The normalized spacial score (nSPS) is 10.7. The van der Waals surface area contributed by atoms with Crippen molar-refractivity contribution in [2.75, 3.05) is 11.9 Å². The first-order valence-corrected chi connectivity index (χ1v) is 7.73. The Morgan fingerprint density at radius 3 is 2.69 bits per heavy atom. The first kappa shape index (κ1) is 17.5. The highest BCUT2D eigenvalue weighted by atomic mass is 19.2. The van der Waals surface area contributed by atoms with Crippen molar-refractivity contribution >= 4 is 28.6 Å². The van der Waals surface area contributed by atoms with Crippen LogP contribution in [0.1, 0.15) is 17.3 Å². The maximum Gasteiger partial charge on any atom is 0.338 e. The number of hydrogen-bond acceptors (Lipinski definition) is 5. The van der Waals surface area contributed by atoms with Crippen LogP contribution in [0.2, 0.25) is 0 Å². The number of amides is 1. The first-order valence-electron chi connectivity index (χ1n) is 7.73. The van der Waals surface area contributed by atoms with Crippen molar-refractivity contribution in [2.24, 2.45) is 0 Å². The average molecular weight is 360 g/mol. The van der Waals surface area contributed by atoms with Crippen LogP contribution in [0.5, 0.6) is 0 Å². The fraction of sp³-hybridized carbons (Fsp3) is 0.176. The SMILES string of the molecule is CCn1nnc2cc(C(=O)OCC(=O)Nc3ccc(F)c(F)c3)ccc21. The van der Waals surface area contributed by atoms with E-state index in [0.29, 0.717) is 12.1 Å². The standard InChI is InChI=1S/C17H14F2N4O3/c1-2-23-15-6-3-10(7-14(15)21-22-23)17(25)26-9-16(24)20-11-4-5-12(18)13(19)8-11/h3-8H,2,9H2,1H3,(H,20,24). The highest BCUT2D eigenvalue weighted by Crippen LogP contribution is 2.15. The zero-order valence-corrected chi connectivity index (χ0v) is 13.7. The Morgan fingerprint density at radius 2 is 1.96 bits per heavy atom. The number of halogens is 2. The van der Waals surface area contributed by atoms with Crippen molar-refractivity contribution < 1.29 is 23.1 Å². The molecular weight excluding hydrogens is 346 g/mol. The second kappa shape index (κ2) is 7.26. The predicted octanol–water partition coefficient (Wildman–Crippen LogP) is 2.52. The number of rotatable bonds is 5. The molecule has 0 saturated carbocycles. The summed E-state index contributed by atoms with van der Waals surface area (Å²) in [7, 11) is 0. The van der Waals surface area contributed by atoms with E-state index in [4.69, 9.17) is 4.74 Å². The van der Waals surface area contributed by atoms with Crippen LogP contribution in [0.4, 0.5) is 14.5 Å². The molecule has 1 heterocycles. The van der Waals surface area contributed by atoms with Gasteiger partial charge in [-0.05, 0) is 37.3 Å². The maximum absolute atomic E-state index is 13.1. The Kier molecular flexibility index (Phi) is 4.87. The highest BCUT2D eigenvalue weighted by molar-refractivity contribution is 5.97. The zero-order chi connectivity index (χ0) is 18.7. The molecule has 9 heteroatoms. The van der Waals surface area contributed by atoms with Crippen LogP contribution in [0, 0.1) is 11.6 Å². The van der Waals surface area contributed by atoms with Gasteiger partial charge < -0.3 is 10.1 Å². The number of nitrogens with zero attached hydrogens (tertiary/aromatic N) is 3. The van der Waals surface area contributed by atoms with Crippen molar-refractivity contribution in [3.63, 3.8) is 0 Å². The molecule has 0 aliphatic heterocycles. The number of anilines is 1. The van der Waals surface area contributed by atoms with Crippen LogP contribution < -0.4 is 5.32 Å². The Morgan fingerprint density at radius 1 is 1.15 bits per heavy atom. The number of hydrogen-bond donors (Lipinski definition) is 1. The molecule has 0 unspecified atom stereocenters. The van der Waals surface area contributed by atoms with Gasteiger partial charge in [-0.2, -0.15) is 0 Å². The molecule has 0 aliphatic rings. The number of fused-ring (bicyclic) bond motifs is 1. The number of aryl methyl sites for hydroxylation is 1. The van der Waals surface area contributed by atoms with Gasteiger partial charge in [0.1, 0.15) is 5.52 Å². The summed E-state index contributed by atoms with van der Waals surface area (Å²) in [5.74, 6) is -3.50. The van der Waals surface area contributed by atoms with Crippen molar-refractivity contribution in [1.82, 2.24) is 15.0 Å². The molecule has 3 aromatic rings. The Labute approximate surface area is 146 Å². The van der Waals surface area contributed by atoms with Crippen LogP contribution in [0.15, 0.2) is 36.4 Å². The number of aromatic nitrogens is 3. The van der Waals surface area contributed by atoms with Gasteiger partial charge in [0.25, 0.3) is 5.91 Å². The van der Waals surface area contributed by atoms with Crippen molar-refractivity contribution in [2.45, 2.75) is 13.5 Å². The summed E-state index contributed by atoms with van der Waals surface area (Å²) in [5, 5.41) is 10.2. The van der Waals surface area contributed by atoms with E-state index in [2.05, 4.69) is 15.6 Å². The maximum atomic E-state index is 13.1. The molecule has 1 N–H and O–H groups in total. The number of carbonyl (C=O) groups excluding carboxylic acids is 2. The van der Waals surface area contributed by atoms with Crippen LogP contribution >= 0.6 is 0 Å². The minimum Gasteiger partial charge on any atom is -0.452 e. The molecule has 134 valence electrons. The number of esters is 1. The minimum absolute atomic E-state index is 0.0579. The third-order valence-corrected chi connectivity index (χ3v) is 3.59. The lowest BCUT2D eigenvalue weighted by Crippen LogP contribution is -2.21. The summed E-state index contributed by atoms with van der Waals surface area (Å²) in [5.41, 5.74) is 1.59. The topological polar surface area (TPSA) is 86.1 Å². The Hall–Kier alpha value is -3.36. The van der Waals surface area contributed by atoms with E-state index in [-0.39, 0.29) is 11.3 Å². The van der Waals surface area contributed by atoms with E-state index in [1.165, 1.54) is 12.1 Å². The van der Waals surface area contributed by atoms with Gasteiger partial charge in [0, 0.05) is 18.3 Å². The number of ether oxygens (including phenoxy) is 1. The minimum atomic E-state index is -1.09. The third kappa shape index (κ3) is 3.66. The second-order valence-electron chi connectivity index (χ2n) is 5.36. The largest absolute Gasteiger partial charge is 0.452 e. The van der Waals surface area contributed by atoms with Crippen molar-refractivity contribution in [1.29, 1.82) is 0 Å². The number of benzene rings is 2. The van der Waals surface area contributed by atoms with E-state index in [1.807, 2.05) is 6.92 Å². The van der Waals surface area contributed by atoms with Gasteiger partial charge in [-0.15, -0.1) is 5.10 Å². The van der Waals surface area contributed by atoms with E-state index < -0.39 is 30.1 Å². The molecule has 26 heavy (non-hydrogen) atoms. The summed E-state index contributed by atoms with van der Waals surface area (Å²) in [6, 6.07) is 7.67. The highest BCUT2D eigenvalue weighted by Gasteiger charge is 2.13. The first-order chi connectivity index (χ1) is 12.5. The van der Waals surface area contributed by atoms with Gasteiger partial charge in [-0.1, -0.05) is 5.21 Å². The third-order valence-electron chi connectivity index (χ3n) is 3.59. The summed E-state index contributed by atoms with van der Waals surface area (Å²) < 4.78 is 32.5. The molecule has 2 aromatic carbocycles. The monoisotopic (exact) mass is 360 g/mol. The van der Waals surface area contributed by atoms with E-state index in [0.717, 1.165) is 17.6 Å². The van der Waals surface area contributed by atoms with Crippen molar-refractivity contribution in [3.8, 4) is 0 Å². The molecule has 1 aromatic heterocycles. The predicted molar refractivity (Wildman–Crippen MR) is 88.5 cm³/mol. The lowest BCUT2D eigenvalue weighted by molar-refractivity contribution is -0.119. The molecule has 3 rings (SSSR count). The van der Waals surface area contributed by atoms with E-state index in [1.54, 1.807) is 16.8 Å². The molecule has 7 nitrogen and oxygen atoms in total. The summed E-state index contributed by atoms with van der Waals surface area (Å²) in [6.07, 6.45) is 0. The van der Waals surface area contributed by atoms with Gasteiger partial charge in [-0.25, -0.2) is 18.3 Å². The smallest absolute Gasteiger partial charge is 0.338 e. The lowest BCUT2D eigenvalue weighted by Gasteiger charge is -2.07. The van der Waals surface area contributed by atoms with Gasteiger partial charge in [0.15, 0.2) is 18.2 Å². The van der Waals surface area contributed by atoms with E-state index in [9.17, 15) is 18.4 Å². The molecular formula is C17H14F2N4O3. The number of nitrogens with one attached hydrogen (secondary N) is 1. The summed E-state index contributed by atoms with van der Waals surface area (Å²) in [4.78, 5) is 23.8. The fourth-order valence-corrected chi connectivity index (χ4v) is 2.32. The quantitative estimate of drug-likeness (QED) is 0.707. The van der Waals surface area contributed by atoms with Gasteiger partial charge in [0.2, 0.25) is 0 Å². The van der Waals surface area contributed by atoms with Crippen LogP contribution in [0.25, 0.3) is 11.0 Å². The number of carbonyl (C=O) groups is 2. The molecule has 0 atom stereocenters. The lowest BCUT2D eigenvalue weighted by atomic mass is 10.2. The molecule has 0 aliphatic carbocycles. The van der Waals surface area contributed by atoms with Gasteiger partial charge in [-0.3, -0.25) is 4.79 Å². The van der Waals surface area contributed by atoms with Gasteiger partial charge >= 0.3 is 5.97 Å². The van der Waals surface area contributed by atoms with Crippen LogP contribution in [-0.2, 0) is 16.1 Å².